The summed E-state index contributed by atoms with van der Waals surface area (Å²) >= 11 is 0. The number of hydrogen-bond acceptors (Lipinski definition) is 0. The third-order valence-electron chi connectivity index (χ3n) is 6.09. The van der Waals surface area contributed by atoms with E-state index >= 15 is 0 Å². The quantitative estimate of drug-likeness (QED) is 0.156. The van der Waals surface area contributed by atoms with Crippen LogP contribution < -0.4 is 24.8 Å². The maximum Gasteiger partial charge on any atom is 4.00 e. The standard InChI is InChI=1S/C21H13.C5H5.C4H12Si2.2ClH.Zr/c1-2-8-15-14(7-1)13-20-18-11-4-3-9-16(18)17-10-5-6-12-19(17)21(15)20;1-2-4-5-3-1;1-5(2)6(3)4;;;/h1-13H;1-3H,4H2;1-4H3;2*1H;/q2*-1;;;;+4/p-2. The molecule has 176 valence electrons. The molecule has 5 heteroatoms. The van der Waals surface area contributed by atoms with Crippen LogP contribution in [-0.2, 0) is 26.2 Å². The topological polar surface area (TPSA) is 0 Å². The summed E-state index contributed by atoms with van der Waals surface area (Å²) in [5.41, 5.74) is 0. The molecule has 5 aromatic rings. The van der Waals surface area contributed by atoms with Gasteiger partial charge in [-0.2, -0.15) is 6.08 Å². The summed E-state index contributed by atoms with van der Waals surface area (Å²) in [6, 6.07) is 28.5. The number of hydrogen-bond donors (Lipinski definition) is 0. The predicted molar refractivity (Wildman–Crippen MR) is 149 cm³/mol. The predicted octanol–water partition coefficient (Wildman–Crippen LogP) is 2.90. The summed E-state index contributed by atoms with van der Waals surface area (Å²) in [5, 5.41) is 10.8. The summed E-state index contributed by atoms with van der Waals surface area (Å²) in [5.74, 6) is 0. The molecule has 0 heterocycles. The van der Waals surface area contributed by atoms with Crippen LogP contribution in [0.1, 0.15) is 6.42 Å². The van der Waals surface area contributed by atoms with E-state index in [1.807, 2.05) is 12.2 Å². The zero-order valence-corrected chi connectivity index (χ0v) is 26.7. The Balaban J connectivity index is 0.000000372. The van der Waals surface area contributed by atoms with Gasteiger partial charge in [0.25, 0.3) is 0 Å². The van der Waals surface area contributed by atoms with Crippen LogP contribution in [0.25, 0.3) is 43.1 Å². The average Bonchev–Trinajstić information content (AvgIpc) is 3.51. The number of fused-ring (bicyclic) bond motifs is 8. The molecule has 0 amide bonds. The smallest absolute Gasteiger partial charge is 1.00 e. The van der Waals surface area contributed by atoms with E-state index in [-0.39, 0.29) is 67.6 Å². The molecule has 5 aromatic carbocycles. The van der Waals surface area contributed by atoms with Gasteiger partial charge in [0.2, 0.25) is 0 Å². The molecule has 0 nitrogen and oxygen atoms in total. The molecule has 0 aromatic heterocycles. The number of halogens is 2. The Kier molecular flexibility index (Phi) is 13.6. The number of allylic oxidation sites excluding steroid dienone is 4. The molecular formula is C30H30Cl2Si2Zr. The zero-order valence-electron chi connectivity index (χ0n) is 20.7. The molecule has 0 saturated heterocycles. The first-order valence-electron chi connectivity index (χ1n) is 11.3. The minimum absolute atomic E-state index is 0. The minimum Gasteiger partial charge on any atom is -1.00 e. The first kappa shape index (κ1) is 31.7. The fourth-order valence-electron chi connectivity index (χ4n) is 3.95. The number of rotatable bonds is 1. The van der Waals surface area contributed by atoms with E-state index in [2.05, 4.69) is 117 Å². The second kappa shape index (κ2) is 15.0. The van der Waals surface area contributed by atoms with Crippen molar-refractivity contribution in [3.05, 3.63) is 103 Å². The van der Waals surface area contributed by atoms with E-state index in [1.54, 1.807) is 0 Å². The molecule has 1 aliphatic rings. The molecule has 1 aliphatic carbocycles. The molecule has 35 heavy (non-hydrogen) atoms. The fraction of sp³-hybridized carbons (Fsp3) is 0.167. The number of benzene rings is 4. The maximum absolute atomic E-state index is 2.99. The van der Waals surface area contributed by atoms with Gasteiger partial charge in [-0.1, -0.05) is 104 Å². The van der Waals surface area contributed by atoms with E-state index < -0.39 is 0 Å². The summed E-state index contributed by atoms with van der Waals surface area (Å²) < 4.78 is 0. The normalized spacial score (nSPS) is 11.5. The zero-order chi connectivity index (χ0) is 22.5. The Hall–Kier alpha value is -1.35. The van der Waals surface area contributed by atoms with Gasteiger partial charge in [0, 0.05) is 16.6 Å². The molecule has 2 radical (unpaired) electrons. The maximum atomic E-state index is 2.99. The van der Waals surface area contributed by atoms with Crippen LogP contribution in [-0.4, -0.2) is 16.6 Å². The molecule has 0 bridgehead atoms. The van der Waals surface area contributed by atoms with Gasteiger partial charge in [-0.25, -0.2) is 12.2 Å². The van der Waals surface area contributed by atoms with Gasteiger partial charge < -0.3 is 24.8 Å². The van der Waals surface area contributed by atoms with E-state index in [9.17, 15) is 0 Å². The minimum atomic E-state index is 0. The molecule has 0 fully saturated rings. The molecule has 0 spiro atoms. The van der Waals surface area contributed by atoms with Crippen LogP contribution in [0, 0.1) is 6.08 Å². The van der Waals surface area contributed by atoms with Gasteiger partial charge in [0.1, 0.15) is 0 Å². The molecule has 6 rings (SSSR count). The Morgan fingerprint density at radius 1 is 0.657 bits per heavy atom. The summed E-state index contributed by atoms with van der Waals surface area (Å²) in [4.78, 5) is 0. The van der Waals surface area contributed by atoms with Crippen molar-refractivity contribution in [3.63, 3.8) is 0 Å². The molecular weight excluding hydrogens is 579 g/mol. The molecule has 0 atom stereocenters. The Morgan fingerprint density at radius 3 is 1.63 bits per heavy atom. The van der Waals surface area contributed by atoms with Crippen molar-refractivity contribution in [1.29, 1.82) is 0 Å². The second-order valence-electron chi connectivity index (χ2n) is 8.61. The van der Waals surface area contributed by atoms with Gasteiger partial charge in [0.15, 0.2) is 0 Å². The van der Waals surface area contributed by atoms with Crippen LogP contribution >= 0.6 is 0 Å². The van der Waals surface area contributed by atoms with Crippen LogP contribution in [0.2, 0.25) is 26.2 Å². The van der Waals surface area contributed by atoms with Gasteiger partial charge in [-0.05, 0) is 10.8 Å². The van der Waals surface area contributed by atoms with Crippen molar-refractivity contribution < 1.29 is 51.0 Å². The van der Waals surface area contributed by atoms with E-state index in [1.165, 1.54) is 43.1 Å². The summed E-state index contributed by atoms with van der Waals surface area (Å²) in [6.07, 6.45) is 10.0. The third kappa shape index (κ3) is 7.34. The molecule has 0 aliphatic heterocycles. The fourth-order valence-corrected chi connectivity index (χ4v) is 3.95. The molecule has 0 N–H and O–H groups in total. The Labute approximate surface area is 244 Å². The third-order valence-corrected chi connectivity index (χ3v) is 14.1. The SMILES string of the molecule is C[Si](C)[Si](C)C.[C-]1=CC=CC1.[Cl-].[Cl-].[Zr+4].c1ccc2c(c1)[cH-]c1c3ccccc3c3ccccc3c21. The van der Waals surface area contributed by atoms with Crippen molar-refractivity contribution in [2.24, 2.45) is 0 Å². The van der Waals surface area contributed by atoms with Crippen LogP contribution in [0.3, 0.4) is 0 Å². The van der Waals surface area contributed by atoms with Crippen LogP contribution in [0.5, 0.6) is 0 Å². The van der Waals surface area contributed by atoms with Crippen molar-refractivity contribution in [3.8, 4) is 0 Å². The van der Waals surface area contributed by atoms with Gasteiger partial charge >= 0.3 is 26.2 Å². The van der Waals surface area contributed by atoms with Crippen molar-refractivity contribution in [1.82, 2.24) is 0 Å². The van der Waals surface area contributed by atoms with Crippen molar-refractivity contribution in [2.75, 3.05) is 0 Å². The summed E-state index contributed by atoms with van der Waals surface area (Å²) in [6.45, 7) is 9.55. The van der Waals surface area contributed by atoms with Crippen molar-refractivity contribution in [2.45, 2.75) is 32.6 Å². The largest absolute Gasteiger partial charge is 4.00 e. The van der Waals surface area contributed by atoms with Gasteiger partial charge in [0.05, 0.1) is 0 Å². The molecule has 0 saturated carbocycles. The van der Waals surface area contributed by atoms with Crippen molar-refractivity contribution >= 4 is 59.7 Å². The van der Waals surface area contributed by atoms with E-state index in [4.69, 9.17) is 0 Å². The van der Waals surface area contributed by atoms with E-state index in [0.717, 1.165) is 6.42 Å². The van der Waals surface area contributed by atoms with E-state index in [0.29, 0.717) is 0 Å². The second-order valence-corrected chi connectivity index (χ2v) is 18.6. The molecule has 0 unspecified atom stereocenters. The first-order valence-corrected chi connectivity index (χ1v) is 17.3. The van der Waals surface area contributed by atoms with Gasteiger partial charge in [-0.15, -0.1) is 40.1 Å². The summed E-state index contributed by atoms with van der Waals surface area (Å²) in [7, 11) is 0.300. The van der Waals surface area contributed by atoms with Crippen LogP contribution in [0.15, 0.2) is 97.1 Å². The average molecular weight is 609 g/mol. The van der Waals surface area contributed by atoms with Crippen LogP contribution in [0.4, 0.5) is 0 Å². The monoisotopic (exact) mass is 606 g/mol. The first-order chi connectivity index (χ1) is 15.6. The Morgan fingerprint density at radius 2 is 1.14 bits per heavy atom. The Bertz CT molecular complexity index is 1400. The van der Waals surface area contributed by atoms with Gasteiger partial charge in [-0.3, -0.25) is 6.08 Å².